The monoisotopic (exact) mass is 880 g/mol. The summed E-state index contributed by atoms with van der Waals surface area (Å²) in [7, 11) is 0. The van der Waals surface area contributed by atoms with Crippen LogP contribution in [-0.4, -0.2) is 0 Å². The SMILES string of the molecule is Brc1ccc(N(c2ccc(Br)cc2)c2cc(N(c3ccc(Br)cc3)c3ccc(Br)cc3)c(Br)cc2Br)cc1. The van der Waals surface area contributed by atoms with E-state index in [0.717, 1.165) is 61.0 Å². The van der Waals surface area contributed by atoms with Gasteiger partial charge in [0.15, 0.2) is 0 Å². The molecule has 0 bridgehead atoms. The van der Waals surface area contributed by atoms with Crippen molar-refractivity contribution in [1.82, 2.24) is 0 Å². The Bertz CT molecular complexity index is 1340. The van der Waals surface area contributed by atoms with Crippen molar-refractivity contribution in [2.45, 2.75) is 0 Å². The molecule has 0 aliphatic carbocycles. The Balaban J connectivity index is 1.73. The molecule has 0 N–H and O–H groups in total. The minimum Gasteiger partial charge on any atom is -0.309 e. The van der Waals surface area contributed by atoms with Crippen molar-refractivity contribution in [3.63, 3.8) is 0 Å². The summed E-state index contributed by atoms with van der Waals surface area (Å²) in [6, 6.07) is 37.7. The first-order chi connectivity index (χ1) is 18.3. The average Bonchev–Trinajstić information content (AvgIpc) is 2.91. The van der Waals surface area contributed by atoms with Crippen LogP contribution >= 0.6 is 95.6 Å². The van der Waals surface area contributed by atoms with Crippen molar-refractivity contribution < 1.29 is 0 Å². The first-order valence-electron chi connectivity index (χ1n) is 11.4. The lowest BCUT2D eigenvalue weighted by molar-refractivity contribution is 1.23. The Morgan fingerprint density at radius 2 is 0.553 bits per heavy atom. The van der Waals surface area contributed by atoms with Crippen LogP contribution in [0, 0.1) is 0 Å². The summed E-state index contributed by atoms with van der Waals surface area (Å²) in [4.78, 5) is 4.50. The number of nitrogens with zero attached hydrogens (tertiary/aromatic N) is 2. The van der Waals surface area contributed by atoms with Crippen LogP contribution < -0.4 is 9.80 Å². The van der Waals surface area contributed by atoms with Crippen molar-refractivity contribution in [3.8, 4) is 0 Å². The molecule has 0 aromatic heterocycles. The summed E-state index contributed by atoms with van der Waals surface area (Å²) >= 11 is 22.0. The Hall–Kier alpha value is -1.42. The van der Waals surface area contributed by atoms with Crippen LogP contribution in [0.5, 0.6) is 0 Å². The van der Waals surface area contributed by atoms with E-state index in [-0.39, 0.29) is 0 Å². The van der Waals surface area contributed by atoms with Gasteiger partial charge < -0.3 is 9.80 Å². The van der Waals surface area contributed by atoms with Gasteiger partial charge in [-0.15, -0.1) is 0 Å². The molecule has 8 heteroatoms. The maximum atomic E-state index is 3.87. The van der Waals surface area contributed by atoms with Crippen molar-refractivity contribution in [1.29, 1.82) is 0 Å². The van der Waals surface area contributed by atoms with Gasteiger partial charge in [0.25, 0.3) is 0 Å². The number of anilines is 6. The maximum Gasteiger partial charge on any atom is 0.0625 e. The van der Waals surface area contributed by atoms with Gasteiger partial charge in [-0.05, 0) is 141 Å². The molecular weight excluding hydrogens is 868 g/mol. The highest BCUT2D eigenvalue weighted by molar-refractivity contribution is 9.11. The zero-order valence-electron chi connectivity index (χ0n) is 19.6. The molecule has 5 aromatic rings. The van der Waals surface area contributed by atoms with E-state index >= 15 is 0 Å². The lowest BCUT2D eigenvalue weighted by Gasteiger charge is -2.31. The van der Waals surface area contributed by atoms with Gasteiger partial charge in [0.05, 0.1) is 11.4 Å². The second kappa shape index (κ2) is 12.4. The Kier molecular flexibility index (Phi) is 9.17. The van der Waals surface area contributed by atoms with Gasteiger partial charge in [-0.1, -0.05) is 63.7 Å². The summed E-state index contributed by atoms with van der Waals surface area (Å²) in [5.74, 6) is 0. The molecule has 0 unspecified atom stereocenters. The minimum absolute atomic E-state index is 0.963. The normalized spacial score (nSPS) is 10.9. The quantitative estimate of drug-likeness (QED) is 0.168. The van der Waals surface area contributed by atoms with Gasteiger partial charge in [-0.3, -0.25) is 0 Å². The molecule has 0 fully saturated rings. The molecule has 2 nitrogen and oxygen atoms in total. The molecule has 5 aromatic carbocycles. The standard InChI is InChI=1S/C30H18Br6N2/c31-19-1-9-23(10-2-19)37(24-11-3-20(32)4-12-24)29-18-30(28(36)17-27(29)35)38(25-13-5-21(33)6-14-25)26-15-7-22(34)8-16-26/h1-18H. The number of benzene rings is 5. The molecule has 38 heavy (non-hydrogen) atoms. The van der Waals surface area contributed by atoms with Gasteiger partial charge in [0, 0.05) is 49.6 Å². The van der Waals surface area contributed by atoms with Crippen molar-refractivity contribution >= 4 is 130 Å². The Labute approximate surface area is 272 Å². The molecule has 0 spiro atoms. The van der Waals surface area contributed by atoms with Crippen LogP contribution in [-0.2, 0) is 0 Å². The summed E-state index contributed by atoms with van der Waals surface area (Å²) in [6.45, 7) is 0. The van der Waals surface area contributed by atoms with Crippen molar-refractivity contribution in [3.05, 3.63) is 136 Å². The van der Waals surface area contributed by atoms with Crippen LogP contribution in [0.25, 0.3) is 0 Å². The number of halogens is 6. The van der Waals surface area contributed by atoms with E-state index in [1.807, 2.05) is 0 Å². The number of hydrogen-bond donors (Lipinski definition) is 0. The first kappa shape index (κ1) is 28.1. The fourth-order valence-electron chi connectivity index (χ4n) is 4.08. The van der Waals surface area contributed by atoms with Gasteiger partial charge in [-0.2, -0.15) is 0 Å². The van der Waals surface area contributed by atoms with Gasteiger partial charge in [0.1, 0.15) is 0 Å². The number of rotatable bonds is 6. The highest BCUT2D eigenvalue weighted by Crippen LogP contribution is 2.47. The predicted molar refractivity (Wildman–Crippen MR) is 182 cm³/mol. The third kappa shape index (κ3) is 6.31. The van der Waals surface area contributed by atoms with Crippen LogP contribution in [0.2, 0.25) is 0 Å². The molecule has 0 aliphatic heterocycles. The molecule has 0 radical (unpaired) electrons. The summed E-state index contributed by atoms with van der Waals surface area (Å²) < 4.78 is 6.05. The van der Waals surface area contributed by atoms with Crippen LogP contribution in [0.4, 0.5) is 34.1 Å². The molecule has 0 saturated carbocycles. The summed E-state index contributed by atoms with van der Waals surface area (Å²) in [6.07, 6.45) is 0. The summed E-state index contributed by atoms with van der Waals surface area (Å²) in [5, 5.41) is 0. The molecule has 0 aliphatic rings. The van der Waals surface area contributed by atoms with E-state index in [0.29, 0.717) is 0 Å². The van der Waals surface area contributed by atoms with E-state index in [2.05, 4.69) is 215 Å². The smallest absolute Gasteiger partial charge is 0.0625 e. The van der Waals surface area contributed by atoms with Crippen molar-refractivity contribution in [2.24, 2.45) is 0 Å². The predicted octanol–water partition coefficient (Wildman–Crippen LogP) is 13.2. The Morgan fingerprint density at radius 1 is 0.316 bits per heavy atom. The molecule has 0 atom stereocenters. The van der Waals surface area contributed by atoms with Gasteiger partial charge >= 0.3 is 0 Å². The van der Waals surface area contributed by atoms with Crippen LogP contribution in [0.3, 0.4) is 0 Å². The van der Waals surface area contributed by atoms with Crippen LogP contribution in [0.1, 0.15) is 0 Å². The molecule has 0 saturated heterocycles. The van der Waals surface area contributed by atoms with E-state index < -0.39 is 0 Å². The molecule has 0 heterocycles. The molecule has 5 rings (SSSR count). The van der Waals surface area contributed by atoms with Gasteiger partial charge in [-0.25, -0.2) is 0 Å². The van der Waals surface area contributed by atoms with E-state index in [4.69, 9.17) is 0 Å². The average molecular weight is 886 g/mol. The zero-order valence-corrected chi connectivity index (χ0v) is 29.1. The lowest BCUT2D eigenvalue weighted by atomic mass is 10.1. The fraction of sp³-hybridized carbons (Fsp3) is 0. The molecule has 190 valence electrons. The fourth-order valence-corrected chi connectivity index (χ4v) is 6.49. The minimum atomic E-state index is 0.963. The first-order valence-corrected chi connectivity index (χ1v) is 16.2. The van der Waals surface area contributed by atoms with Gasteiger partial charge in [0.2, 0.25) is 0 Å². The second-order valence-electron chi connectivity index (χ2n) is 8.33. The number of hydrogen-bond acceptors (Lipinski definition) is 2. The van der Waals surface area contributed by atoms with E-state index in [1.165, 1.54) is 0 Å². The Morgan fingerprint density at radius 3 is 0.789 bits per heavy atom. The van der Waals surface area contributed by atoms with Crippen LogP contribution in [0.15, 0.2) is 136 Å². The second-order valence-corrected chi connectivity index (χ2v) is 13.7. The topological polar surface area (TPSA) is 6.48 Å². The maximum absolute atomic E-state index is 3.87. The van der Waals surface area contributed by atoms with E-state index in [1.54, 1.807) is 0 Å². The lowest BCUT2D eigenvalue weighted by Crippen LogP contribution is -2.14. The third-order valence-corrected chi connectivity index (χ3v) is 9.22. The van der Waals surface area contributed by atoms with E-state index in [9.17, 15) is 0 Å². The third-order valence-electron chi connectivity index (χ3n) is 5.84. The van der Waals surface area contributed by atoms with Crippen molar-refractivity contribution in [2.75, 3.05) is 9.80 Å². The molecule has 0 amide bonds. The largest absolute Gasteiger partial charge is 0.309 e. The zero-order chi connectivity index (χ0) is 26.8. The highest BCUT2D eigenvalue weighted by atomic mass is 79.9. The molecular formula is C30H18Br6N2. The summed E-state index contributed by atoms with van der Waals surface area (Å²) in [5.41, 5.74) is 6.19. The highest BCUT2D eigenvalue weighted by Gasteiger charge is 2.22.